The van der Waals surface area contributed by atoms with Gasteiger partial charge >= 0.3 is 0 Å². The van der Waals surface area contributed by atoms with Crippen LogP contribution in [0, 0.1) is 5.92 Å². The van der Waals surface area contributed by atoms with E-state index in [9.17, 15) is 0 Å². The lowest BCUT2D eigenvalue weighted by Crippen LogP contribution is -2.55. The summed E-state index contributed by atoms with van der Waals surface area (Å²) in [4.78, 5) is 4.12. The number of nitrogens with zero attached hydrogens (tertiary/aromatic N) is 1. The average Bonchev–Trinajstić information content (AvgIpc) is 2.51. The standard InChI is InChI=1S/C18H30N2O/c1-4-20-17(14-16-8-12-19-13-9-16)18(21-5-2)10-6-15(3)7-11-18/h8-9,12-13,15,17,20H,4-7,10-11,14H2,1-3H3. The molecule has 0 aromatic carbocycles. The van der Waals surface area contributed by atoms with E-state index in [1.165, 1.54) is 31.2 Å². The molecular formula is C18H30N2O. The summed E-state index contributed by atoms with van der Waals surface area (Å²) in [7, 11) is 0. The summed E-state index contributed by atoms with van der Waals surface area (Å²) in [6.07, 6.45) is 9.68. The highest BCUT2D eigenvalue weighted by Crippen LogP contribution is 2.38. The van der Waals surface area contributed by atoms with Gasteiger partial charge in [-0.25, -0.2) is 0 Å². The smallest absolute Gasteiger partial charge is 0.0838 e. The Kier molecular flexibility index (Phi) is 6.19. The highest BCUT2D eigenvalue weighted by molar-refractivity contribution is 5.14. The van der Waals surface area contributed by atoms with Crippen LogP contribution in [0.5, 0.6) is 0 Å². The first-order valence-electron chi connectivity index (χ1n) is 8.46. The Hall–Kier alpha value is -0.930. The first-order valence-corrected chi connectivity index (χ1v) is 8.46. The molecule has 1 atom stereocenters. The van der Waals surface area contributed by atoms with Gasteiger partial charge in [0.05, 0.1) is 5.60 Å². The molecule has 3 heteroatoms. The van der Waals surface area contributed by atoms with Gasteiger partial charge in [0.25, 0.3) is 0 Å². The van der Waals surface area contributed by atoms with Crippen LogP contribution in [0.2, 0.25) is 0 Å². The van der Waals surface area contributed by atoms with Crippen molar-refractivity contribution in [3.05, 3.63) is 30.1 Å². The number of aromatic nitrogens is 1. The maximum atomic E-state index is 6.33. The third-order valence-electron chi connectivity index (χ3n) is 4.83. The predicted octanol–water partition coefficient (Wildman–Crippen LogP) is 3.59. The van der Waals surface area contributed by atoms with Gasteiger partial charge in [0.2, 0.25) is 0 Å². The highest BCUT2D eigenvalue weighted by atomic mass is 16.5. The van der Waals surface area contributed by atoms with Gasteiger partial charge in [0.1, 0.15) is 0 Å². The highest BCUT2D eigenvalue weighted by Gasteiger charge is 2.41. The zero-order valence-corrected chi connectivity index (χ0v) is 13.8. The molecule has 1 N–H and O–H groups in total. The molecule has 1 aromatic rings. The Bertz CT molecular complexity index is 399. The van der Waals surface area contributed by atoms with Crippen molar-refractivity contribution in [3.63, 3.8) is 0 Å². The topological polar surface area (TPSA) is 34.2 Å². The monoisotopic (exact) mass is 290 g/mol. The third kappa shape index (κ3) is 4.27. The van der Waals surface area contributed by atoms with E-state index in [1.807, 2.05) is 12.4 Å². The van der Waals surface area contributed by atoms with Crippen LogP contribution in [0.15, 0.2) is 24.5 Å². The van der Waals surface area contributed by atoms with Crippen molar-refractivity contribution in [2.24, 2.45) is 5.92 Å². The zero-order chi connectivity index (χ0) is 15.1. The summed E-state index contributed by atoms with van der Waals surface area (Å²) in [5, 5.41) is 3.70. The summed E-state index contributed by atoms with van der Waals surface area (Å²) in [6.45, 7) is 8.45. The molecule has 0 saturated heterocycles. The van der Waals surface area contributed by atoms with Crippen LogP contribution >= 0.6 is 0 Å². The minimum Gasteiger partial charge on any atom is -0.374 e. The van der Waals surface area contributed by atoms with Crippen LogP contribution < -0.4 is 5.32 Å². The largest absolute Gasteiger partial charge is 0.374 e. The maximum Gasteiger partial charge on any atom is 0.0838 e. The summed E-state index contributed by atoms with van der Waals surface area (Å²) in [5.74, 6) is 0.835. The second-order valence-corrected chi connectivity index (χ2v) is 6.35. The van der Waals surface area contributed by atoms with Crippen LogP contribution in [0.4, 0.5) is 0 Å². The fourth-order valence-corrected chi connectivity index (χ4v) is 3.58. The molecule has 1 heterocycles. The van der Waals surface area contributed by atoms with Crippen LogP contribution in [-0.4, -0.2) is 29.8 Å². The molecule has 0 bridgehead atoms. The zero-order valence-electron chi connectivity index (χ0n) is 13.8. The molecule has 0 amide bonds. The van der Waals surface area contributed by atoms with Crippen LogP contribution in [0.1, 0.15) is 52.0 Å². The van der Waals surface area contributed by atoms with Crippen LogP contribution in [0.25, 0.3) is 0 Å². The van der Waals surface area contributed by atoms with E-state index >= 15 is 0 Å². The number of rotatable bonds is 7. The second-order valence-electron chi connectivity index (χ2n) is 6.35. The molecule has 1 unspecified atom stereocenters. The van der Waals surface area contributed by atoms with Crippen molar-refractivity contribution in [3.8, 4) is 0 Å². The van der Waals surface area contributed by atoms with Gasteiger partial charge in [-0.05, 0) is 69.2 Å². The molecule has 118 valence electrons. The Balaban J connectivity index is 2.16. The minimum absolute atomic E-state index is 0.000536. The molecule has 1 aliphatic carbocycles. The fourth-order valence-electron chi connectivity index (χ4n) is 3.58. The van der Waals surface area contributed by atoms with Crippen molar-refractivity contribution >= 4 is 0 Å². The molecule has 1 aliphatic rings. The van der Waals surface area contributed by atoms with Crippen molar-refractivity contribution in [1.82, 2.24) is 10.3 Å². The molecule has 0 radical (unpaired) electrons. The maximum absolute atomic E-state index is 6.33. The summed E-state index contributed by atoms with van der Waals surface area (Å²) >= 11 is 0. The van der Waals surface area contributed by atoms with Crippen molar-refractivity contribution in [1.29, 1.82) is 0 Å². The second kappa shape index (κ2) is 7.90. The number of likely N-dealkylation sites (N-methyl/N-ethyl adjacent to an activating group) is 1. The summed E-state index contributed by atoms with van der Waals surface area (Å²) in [6, 6.07) is 4.63. The molecule has 3 nitrogen and oxygen atoms in total. The molecule has 21 heavy (non-hydrogen) atoms. The molecule has 1 fully saturated rings. The molecule has 2 rings (SSSR count). The fraction of sp³-hybridized carbons (Fsp3) is 0.722. The SMILES string of the molecule is CCNC(Cc1ccncc1)C1(OCC)CCC(C)CC1. The lowest BCUT2D eigenvalue weighted by Gasteiger charge is -2.45. The van der Waals surface area contributed by atoms with E-state index in [2.05, 4.69) is 43.2 Å². The van der Waals surface area contributed by atoms with E-state index in [-0.39, 0.29) is 5.60 Å². The van der Waals surface area contributed by atoms with Crippen LogP contribution in [0.3, 0.4) is 0 Å². The molecule has 0 spiro atoms. The Morgan fingerprint density at radius 2 is 1.95 bits per heavy atom. The van der Waals surface area contributed by atoms with Gasteiger partial charge in [-0.2, -0.15) is 0 Å². The number of hydrogen-bond donors (Lipinski definition) is 1. The van der Waals surface area contributed by atoms with E-state index < -0.39 is 0 Å². The third-order valence-corrected chi connectivity index (χ3v) is 4.83. The molecule has 1 saturated carbocycles. The number of hydrogen-bond acceptors (Lipinski definition) is 3. The average molecular weight is 290 g/mol. The van der Waals surface area contributed by atoms with E-state index in [0.717, 1.165) is 25.5 Å². The Morgan fingerprint density at radius 1 is 1.29 bits per heavy atom. The van der Waals surface area contributed by atoms with Gasteiger partial charge in [0.15, 0.2) is 0 Å². The van der Waals surface area contributed by atoms with E-state index in [4.69, 9.17) is 4.74 Å². The predicted molar refractivity (Wildman–Crippen MR) is 87.4 cm³/mol. The van der Waals surface area contributed by atoms with Gasteiger partial charge < -0.3 is 10.1 Å². The lowest BCUT2D eigenvalue weighted by atomic mass is 9.73. The van der Waals surface area contributed by atoms with Crippen LogP contribution in [-0.2, 0) is 11.2 Å². The minimum atomic E-state index is 0.000536. The van der Waals surface area contributed by atoms with Gasteiger partial charge in [-0.1, -0.05) is 13.8 Å². The molecular weight excluding hydrogens is 260 g/mol. The Morgan fingerprint density at radius 3 is 2.52 bits per heavy atom. The summed E-state index contributed by atoms with van der Waals surface area (Å²) in [5.41, 5.74) is 1.34. The first kappa shape index (κ1) is 16.4. The molecule has 1 aromatic heterocycles. The summed E-state index contributed by atoms with van der Waals surface area (Å²) < 4.78 is 6.33. The van der Waals surface area contributed by atoms with Gasteiger partial charge in [0, 0.05) is 25.0 Å². The Labute approximate surface area is 129 Å². The number of ether oxygens (including phenoxy) is 1. The van der Waals surface area contributed by atoms with Crippen molar-refractivity contribution < 1.29 is 4.74 Å². The lowest BCUT2D eigenvalue weighted by molar-refractivity contribution is -0.0958. The molecule has 0 aliphatic heterocycles. The van der Waals surface area contributed by atoms with Gasteiger partial charge in [-0.15, -0.1) is 0 Å². The number of pyridine rings is 1. The normalized spacial score (nSPS) is 27.5. The van der Waals surface area contributed by atoms with E-state index in [0.29, 0.717) is 6.04 Å². The van der Waals surface area contributed by atoms with Gasteiger partial charge in [-0.3, -0.25) is 4.98 Å². The van der Waals surface area contributed by atoms with Crippen molar-refractivity contribution in [2.75, 3.05) is 13.2 Å². The van der Waals surface area contributed by atoms with Crippen molar-refractivity contribution in [2.45, 2.75) is 64.5 Å². The first-order chi connectivity index (χ1) is 10.2. The number of nitrogens with one attached hydrogen (secondary N) is 1. The van der Waals surface area contributed by atoms with E-state index in [1.54, 1.807) is 0 Å². The quantitative estimate of drug-likeness (QED) is 0.833.